The molecule has 0 fully saturated rings. The van der Waals surface area contributed by atoms with Crippen LogP contribution in [0.25, 0.3) is 54.7 Å². The molecule has 8 aromatic rings. The van der Waals surface area contributed by atoms with Crippen LogP contribution in [0.5, 0.6) is 0 Å². The van der Waals surface area contributed by atoms with E-state index in [1.807, 2.05) is 72.8 Å². The van der Waals surface area contributed by atoms with Crippen molar-refractivity contribution < 1.29 is 37.7 Å². The van der Waals surface area contributed by atoms with Crippen LogP contribution in [0, 0.1) is 11.6 Å². The van der Waals surface area contributed by atoms with E-state index in [0.29, 0.717) is 11.1 Å². The SMILES string of the molecule is O=C(O)c1ccc(C[n+]2c3ccccc3c(-c3c4ccccc4[n+](Cc4ccc(C(=O)O)cc4F)c4ccccc34)c3ccccc32)c(F)c1. The van der Waals surface area contributed by atoms with E-state index in [1.165, 1.54) is 24.3 Å². The molecule has 2 N–H and O–H groups in total. The molecule has 0 aliphatic rings. The Bertz CT molecular complexity index is 2410. The number of benzene rings is 6. The third kappa shape index (κ3) is 5.09. The van der Waals surface area contributed by atoms with Gasteiger partial charge in [0.1, 0.15) is 11.6 Å². The third-order valence-electron chi connectivity index (χ3n) is 9.36. The molecule has 8 rings (SSSR count). The second-order valence-corrected chi connectivity index (χ2v) is 12.2. The van der Waals surface area contributed by atoms with Crippen molar-refractivity contribution in [2.45, 2.75) is 13.1 Å². The van der Waals surface area contributed by atoms with E-state index in [-0.39, 0.29) is 24.2 Å². The van der Waals surface area contributed by atoms with Gasteiger partial charge in [-0.05, 0) is 60.7 Å². The van der Waals surface area contributed by atoms with Crippen LogP contribution < -0.4 is 9.13 Å². The average Bonchev–Trinajstić information content (AvgIpc) is 3.13. The minimum atomic E-state index is -1.19. The van der Waals surface area contributed by atoms with Crippen LogP contribution in [-0.4, -0.2) is 22.2 Å². The summed E-state index contributed by atoms with van der Waals surface area (Å²) in [6, 6.07) is 39.9. The largest absolute Gasteiger partial charge is 0.478 e. The molecule has 242 valence electrons. The zero-order chi connectivity index (χ0) is 34.5. The number of aromatic carboxylic acids is 2. The minimum absolute atomic E-state index is 0.110. The first-order chi connectivity index (χ1) is 24.3. The number of halogens is 2. The van der Waals surface area contributed by atoms with E-state index in [2.05, 4.69) is 33.4 Å². The van der Waals surface area contributed by atoms with Gasteiger partial charge >= 0.3 is 11.9 Å². The van der Waals surface area contributed by atoms with Gasteiger partial charge in [0.25, 0.3) is 0 Å². The Labute approximate surface area is 284 Å². The highest BCUT2D eigenvalue weighted by Gasteiger charge is 2.28. The van der Waals surface area contributed by atoms with Crippen molar-refractivity contribution in [3.63, 3.8) is 0 Å². The highest BCUT2D eigenvalue weighted by atomic mass is 19.1. The van der Waals surface area contributed by atoms with E-state index in [9.17, 15) is 19.8 Å². The number of nitrogens with zero attached hydrogens (tertiary/aromatic N) is 2. The summed E-state index contributed by atoms with van der Waals surface area (Å²) in [4.78, 5) is 23.0. The number of carboxylic acid groups (broad SMARTS) is 2. The van der Waals surface area contributed by atoms with Crippen molar-refractivity contribution in [3.05, 3.63) is 167 Å². The van der Waals surface area contributed by atoms with Gasteiger partial charge in [0.2, 0.25) is 22.1 Å². The molecule has 0 aliphatic carbocycles. The molecular weight excluding hydrogens is 634 g/mol. The van der Waals surface area contributed by atoms with Gasteiger partial charge in [-0.3, -0.25) is 0 Å². The molecule has 0 saturated heterocycles. The van der Waals surface area contributed by atoms with Crippen molar-refractivity contribution in [1.29, 1.82) is 0 Å². The molecule has 6 nitrogen and oxygen atoms in total. The highest BCUT2D eigenvalue weighted by Crippen LogP contribution is 2.41. The summed E-state index contributed by atoms with van der Waals surface area (Å²) in [5.74, 6) is -3.55. The van der Waals surface area contributed by atoms with Crippen molar-refractivity contribution in [1.82, 2.24) is 0 Å². The first-order valence-electron chi connectivity index (χ1n) is 16.0. The lowest BCUT2D eigenvalue weighted by Crippen LogP contribution is -2.37. The Kier molecular flexibility index (Phi) is 7.49. The average molecular weight is 663 g/mol. The van der Waals surface area contributed by atoms with Gasteiger partial charge in [-0.25, -0.2) is 18.4 Å². The molecule has 6 aromatic carbocycles. The molecule has 0 amide bonds. The van der Waals surface area contributed by atoms with Crippen LogP contribution in [0.15, 0.2) is 133 Å². The predicted molar refractivity (Wildman–Crippen MR) is 187 cm³/mol. The van der Waals surface area contributed by atoms with Gasteiger partial charge in [-0.2, -0.15) is 9.13 Å². The highest BCUT2D eigenvalue weighted by molar-refractivity contribution is 6.18. The maximum atomic E-state index is 15.3. The molecule has 0 radical (unpaired) electrons. The van der Waals surface area contributed by atoms with Gasteiger partial charge < -0.3 is 10.2 Å². The topological polar surface area (TPSA) is 82.4 Å². The van der Waals surface area contributed by atoms with Crippen molar-refractivity contribution >= 4 is 55.6 Å². The fourth-order valence-electron chi connectivity index (χ4n) is 7.07. The lowest BCUT2D eigenvalue weighted by atomic mass is 9.90. The molecule has 8 heteroatoms. The zero-order valence-electron chi connectivity index (χ0n) is 26.5. The van der Waals surface area contributed by atoms with Gasteiger partial charge in [0.05, 0.1) is 43.8 Å². The van der Waals surface area contributed by atoms with Crippen molar-refractivity contribution in [2.75, 3.05) is 0 Å². The quantitative estimate of drug-likeness (QED) is 0.133. The second kappa shape index (κ2) is 12.2. The summed E-state index contributed by atoms with van der Waals surface area (Å²) in [6.45, 7) is 0.352. The maximum Gasteiger partial charge on any atom is 0.335 e. The van der Waals surface area contributed by atoms with Crippen LogP contribution >= 0.6 is 0 Å². The van der Waals surface area contributed by atoms with E-state index in [0.717, 1.165) is 66.9 Å². The smallest absolute Gasteiger partial charge is 0.335 e. The predicted octanol–water partition coefficient (Wildman–Crippen LogP) is 8.31. The Balaban J connectivity index is 1.41. The number of pyridine rings is 2. The number of carbonyl (C=O) groups is 2. The Hall–Kier alpha value is -6.54. The van der Waals surface area contributed by atoms with E-state index < -0.39 is 23.6 Å². The van der Waals surface area contributed by atoms with E-state index in [4.69, 9.17) is 0 Å². The van der Waals surface area contributed by atoms with Crippen molar-refractivity contribution in [3.8, 4) is 11.1 Å². The monoisotopic (exact) mass is 662 g/mol. The normalized spacial score (nSPS) is 11.5. The van der Waals surface area contributed by atoms with Crippen LogP contribution in [-0.2, 0) is 13.1 Å². The maximum absolute atomic E-state index is 15.3. The summed E-state index contributed by atoms with van der Waals surface area (Å²) in [5, 5.41) is 22.5. The summed E-state index contributed by atoms with van der Waals surface area (Å²) in [7, 11) is 0. The molecule has 0 spiro atoms. The van der Waals surface area contributed by atoms with E-state index in [1.54, 1.807) is 0 Å². The summed E-state index contributed by atoms with van der Waals surface area (Å²) < 4.78 is 34.8. The van der Waals surface area contributed by atoms with E-state index >= 15 is 8.78 Å². The molecule has 0 atom stereocenters. The molecular formula is C42H28F2N2O4+2. The van der Waals surface area contributed by atoms with Crippen molar-refractivity contribution in [2.24, 2.45) is 0 Å². The van der Waals surface area contributed by atoms with Crippen LogP contribution in [0.3, 0.4) is 0 Å². The van der Waals surface area contributed by atoms with Crippen LogP contribution in [0.1, 0.15) is 31.8 Å². The summed E-state index contributed by atoms with van der Waals surface area (Å²) in [6.07, 6.45) is 0. The minimum Gasteiger partial charge on any atom is -0.478 e. The molecule has 0 unspecified atom stereocenters. The Morgan fingerprint density at radius 1 is 0.460 bits per heavy atom. The van der Waals surface area contributed by atoms with Gasteiger partial charge in [-0.15, -0.1) is 0 Å². The summed E-state index contributed by atoms with van der Waals surface area (Å²) in [5.41, 5.74) is 5.97. The first kappa shape index (κ1) is 30.8. The summed E-state index contributed by atoms with van der Waals surface area (Å²) >= 11 is 0. The van der Waals surface area contributed by atoms with Gasteiger partial charge in [0, 0.05) is 35.4 Å². The molecule has 2 heterocycles. The van der Waals surface area contributed by atoms with Crippen LogP contribution in [0.2, 0.25) is 0 Å². The van der Waals surface area contributed by atoms with Gasteiger partial charge in [-0.1, -0.05) is 48.5 Å². The van der Waals surface area contributed by atoms with Gasteiger partial charge in [0.15, 0.2) is 13.1 Å². The second-order valence-electron chi connectivity index (χ2n) is 12.2. The first-order valence-corrected chi connectivity index (χ1v) is 16.0. The molecule has 2 aromatic heterocycles. The number of aromatic nitrogens is 2. The fraction of sp³-hybridized carbons (Fsp3) is 0.0476. The standard InChI is InChI=1S/C42H26F2N2O4/c43-33-21-25(41(47)48)17-19-27(33)23-45-35-13-5-1-9-29(35)39(30-10-2-6-14-36(30)45)40-31-11-3-7-15-37(31)46(38-16-8-4-12-32(38)40)24-28-20-18-26(42(49)50)22-34(28)44/h1-22H,23-24H2/p+2. The lowest BCUT2D eigenvalue weighted by molar-refractivity contribution is -0.636. The third-order valence-corrected chi connectivity index (χ3v) is 9.36. The van der Waals surface area contributed by atoms with Crippen LogP contribution in [0.4, 0.5) is 8.78 Å². The number of hydrogen-bond acceptors (Lipinski definition) is 2. The lowest BCUT2D eigenvalue weighted by Gasteiger charge is -2.17. The Morgan fingerprint density at radius 3 is 1.04 bits per heavy atom. The number of rotatable bonds is 7. The molecule has 0 bridgehead atoms. The number of para-hydroxylation sites is 4. The fourth-order valence-corrected chi connectivity index (χ4v) is 7.07. The molecule has 0 saturated carbocycles. The number of hydrogen-bond donors (Lipinski definition) is 2. The molecule has 50 heavy (non-hydrogen) atoms. The zero-order valence-corrected chi connectivity index (χ0v) is 26.5. The number of carboxylic acids is 2. The molecule has 0 aliphatic heterocycles. The Morgan fingerprint density at radius 2 is 0.760 bits per heavy atom. The number of fused-ring (bicyclic) bond motifs is 4.